The molecule has 5 heteroatoms. The minimum Gasteiger partial charge on any atom is -0.379 e. The van der Waals surface area contributed by atoms with E-state index in [1.165, 1.54) is 0 Å². The van der Waals surface area contributed by atoms with Gasteiger partial charge in [0.15, 0.2) is 0 Å². The largest absolute Gasteiger partial charge is 0.379 e. The summed E-state index contributed by atoms with van der Waals surface area (Å²) in [6, 6.07) is 0. The molecule has 1 heterocycles. The van der Waals surface area contributed by atoms with Gasteiger partial charge in [0.05, 0.1) is 6.10 Å². The van der Waals surface area contributed by atoms with Crippen molar-refractivity contribution in [2.45, 2.75) is 39.7 Å². The number of aromatic nitrogens is 2. The molecule has 15 heavy (non-hydrogen) atoms. The lowest BCUT2D eigenvalue weighted by molar-refractivity contribution is 0.0765. The van der Waals surface area contributed by atoms with Crippen molar-refractivity contribution in [2.75, 3.05) is 18.5 Å². The van der Waals surface area contributed by atoms with Crippen LogP contribution in [0.5, 0.6) is 0 Å². The zero-order valence-electron chi connectivity index (χ0n) is 9.62. The predicted octanol–water partition coefficient (Wildman–Crippen LogP) is 2.46. The zero-order valence-corrected chi connectivity index (χ0v) is 10.4. The first-order chi connectivity index (χ1) is 7.18. The van der Waals surface area contributed by atoms with Crippen LogP contribution >= 0.6 is 11.3 Å². The fraction of sp³-hybridized carbons (Fsp3) is 0.800. The smallest absolute Gasteiger partial charge is 0.205 e. The summed E-state index contributed by atoms with van der Waals surface area (Å²) in [7, 11) is 0. The highest BCUT2D eigenvalue weighted by Crippen LogP contribution is 2.13. The Morgan fingerprint density at radius 3 is 2.73 bits per heavy atom. The van der Waals surface area contributed by atoms with Crippen LogP contribution in [0.15, 0.2) is 0 Å². The van der Waals surface area contributed by atoms with Crippen molar-refractivity contribution in [3.8, 4) is 0 Å². The van der Waals surface area contributed by atoms with E-state index in [-0.39, 0.29) is 0 Å². The molecule has 0 aliphatic carbocycles. The molecule has 0 bridgehead atoms. The standard InChI is InChI=1S/C10H19N3OS/c1-8(2)14-7-5-4-6-11-10-13-12-9(3)15-10/h8H,4-7H2,1-3H3,(H,11,13). The van der Waals surface area contributed by atoms with E-state index in [1.807, 2.05) is 6.92 Å². The first kappa shape index (κ1) is 12.4. The Hall–Kier alpha value is -0.680. The van der Waals surface area contributed by atoms with Gasteiger partial charge < -0.3 is 10.1 Å². The molecule has 0 spiro atoms. The van der Waals surface area contributed by atoms with Crippen molar-refractivity contribution < 1.29 is 4.74 Å². The van der Waals surface area contributed by atoms with Gasteiger partial charge in [0.2, 0.25) is 5.13 Å². The number of nitrogens with one attached hydrogen (secondary N) is 1. The van der Waals surface area contributed by atoms with E-state index >= 15 is 0 Å². The molecule has 1 aromatic heterocycles. The molecular formula is C10H19N3OS. The molecule has 0 fully saturated rings. The molecule has 0 aliphatic rings. The van der Waals surface area contributed by atoms with Crippen LogP contribution in [0.25, 0.3) is 0 Å². The quantitative estimate of drug-likeness (QED) is 0.730. The Morgan fingerprint density at radius 1 is 1.33 bits per heavy atom. The fourth-order valence-corrected chi connectivity index (χ4v) is 1.73. The van der Waals surface area contributed by atoms with Crippen LogP contribution in [0, 0.1) is 6.92 Å². The highest BCUT2D eigenvalue weighted by atomic mass is 32.1. The lowest BCUT2D eigenvalue weighted by Gasteiger charge is -2.06. The third-order valence-electron chi connectivity index (χ3n) is 1.82. The van der Waals surface area contributed by atoms with Crippen molar-refractivity contribution in [1.82, 2.24) is 10.2 Å². The molecule has 1 rings (SSSR count). The van der Waals surface area contributed by atoms with Crippen LogP contribution in [0.1, 0.15) is 31.7 Å². The minimum absolute atomic E-state index is 0.337. The molecule has 1 N–H and O–H groups in total. The summed E-state index contributed by atoms with van der Waals surface area (Å²) < 4.78 is 5.45. The van der Waals surface area contributed by atoms with Gasteiger partial charge in [0, 0.05) is 13.2 Å². The Kier molecular flexibility index (Phi) is 5.57. The maximum atomic E-state index is 5.45. The summed E-state index contributed by atoms with van der Waals surface area (Å²) in [5.74, 6) is 0. The first-order valence-electron chi connectivity index (χ1n) is 5.34. The van der Waals surface area contributed by atoms with Gasteiger partial charge in [-0.2, -0.15) is 0 Å². The predicted molar refractivity (Wildman–Crippen MR) is 63.5 cm³/mol. The second-order valence-electron chi connectivity index (χ2n) is 3.68. The number of ether oxygens (including phenoxy) is 1. The monoisotopic (exact) mass is 229 g/mol. The van der Waals surface area contributed by atoms with E-state index in [9.17, 15) is 0 Å². The van der Waals surface area contributed by atoms with Crippen molar-refractivity contribution in [1.29, 1.82) is 0 Å². The van der Waals surface area contributed by atoms with Crippen LogP contribution in [0.4, 0.5) is 5.13 Å². The molecule has 0 amide bonds. The van der Waals surface area contributed by atoms with Crippen LogP contribution in [0.2, 0.25) is 0 Å². The molecule has 0 saturated carbocycles. The van der Waals surface area contributed by atoms with Gasteiger partial charge >= 0.3 is 0 Å². The van der Waals surface area contributed by atoms with E-state index in [0.29, 0.717) is 6.10 Å². The summed E-state index contributed by atoms with van der Waals surface area (Å²) in [5.41, 5.74) is 0. The molecule has 0 aliphatic heterocycles. The van der Waals surface area contributed by atoms with Gasteiger partial charge in [0.25, 0.3) is 0 Å². The number of aryl methyl sites for hydroxylation is 1. The Bertz CT molecular complexity index is 275. The van der Waals surface area contributed by atoms with Crippen molar-refractivity contribution in [3.63, 3.8) is 0 Å². The van der Waals surface area contributed by atoms with Gasteiger partial charge in [-0.1, -0.05) is 11.3 Å². The molecule has 1 aromatic rings. The van der Waals surface area contributed by atoms with Crippen LogP contribution in [-0.2, 0) is 4.74 Å². The number of nitrogens with zero attached hydrogens (tertiary/aromatic N) is 2. The fourth-order valence-electron chi connectivity index (χ4n) is 1.11. The highest BCUT2D eigenvalue weighted by molar-refractivity contribution is 7.15. The van der Waals surface area contributed by atoms with E-state index < -0.39 is 0 Å². The van der Waals surface area contributed by atoms with Crippen molar-refractivity contribution in [2.24, 2.45) is 0 Å². The number of anilines is 1. The molecule has 0 radical (unpaired) electrons. The highest BCUT2D eigenvalue weighted by Gasteiger charge is 1.98. The minimum atomic E-state index is 0.337. The van der Waals surface area contributed by atoms with Gasteiger partial charge in [-0.3, -0.25) is 0 Å². The van der Waals surface area contributed by atoms with Crippen LogP contribution in [-0.4, -0.2) is 29.5 Å². The number of hydrogen-bond acceptors (Lipinski definition) is 5. The molecule has 0 atom stereocenters. The van der Waals surface area contributed by atoms with E-state index in [0.717, 1.165) is 36.1 Å². The summed E-state index contributed by atoms with van der Waals surface area (Å²) in [6.45, 7) is 7.86. The summed E-state index contributed by atoms with van der Waals surface area (Å²) in [4.78, 5) is 0. The molecule has 86 valence electrons. The average Bonchev–Trinajstić information content (AvgIpc) is 2.57. The maximum Gasteiger partial charge on any atom is 0.205 e. The topological polar surface area (TPSA) is 47.0 Å². The lowest BCUT2D eigenvalue weighted by Crippen LogP contribution is -2.06. The second-order valence-corrected chi connectivity index (χ2v) is 4.86. The molecule has 0 unspecified atom stereocenters. The van der Waals surface area contributed by atoms with E-state index in [1.54, 1.807) is 11.3 Å². The molecule has 0 saturated heterocycles. The second kappa shape index (κ2) is 6.74. The zero-order chi connectivity index (χ0) is 11.1. The third kappa shape index (κ3) is 5.69. The third-order valence-corrected chi connectivity index (χ3v) is 2.62. The number of unbranched alkanes of at least 4 members (excludes halogenated alkanes) is 1. The Labute approximate surface area is 95.1 Å². The lowest BCUT2D eigenvalue weighted by atomic mass is 10.3. The average molecular weight is 229 g/mol. The number of hydrogen-bond donors (Lipinski definition) is 1. The summed E-state index contributed by atoms with van der Waals surface area (Å²) >= 11 is 1.59. The summed E-state index contributed by atoms with van der Waals surface area (Å²) in [5, 5.41) is 13.1. The van der Waals surface area contributed by atoms with Gasteiger partial charge in [-0.15, -0.1) is 10.2 Å². The maximum absolute atomic E-state index is 5.45. The van der Waals surface area contributed by atoms with E-state index in [4.69, 9.17) is 4.74 Å². The first-order valence-corrected chi connectivity index (χ1v) is 6.15. The molecule has 0 aromatic carbocycles. The van der Waals surface area contributed by atoms with Crippen LogP contribution < -0.4 is 5.32 Å². The SMILES string of the molecule is Cc1nnc(NCCCCOC(C)C)s1. The molecular weight excluding hydrogens is 210 g/mol. The van der Waals surface area contributed by atoms with Crippen LogP contribution in [0.3, 0.4) is 0 Å². The van der Waals surface area contributed by atoms with Crippen molar-refractivity contribution >= 4 is 16.5 Å². The van der Waals surface area contributed by atoms with Crippen molar-refractivity contribution in [3.05, 3.63) is 5.01 Å². The Morgan fingerprint density at radius 2 is 2.13 bits per heavy atom. The van der Waals surface area contributed by atoms with Gasteiger partial charge in [-0.25, -0.2) is 0 Å². The summed E-state index contributed by atoms with van der Waals surface area (Å²) in [6.07, 6.45) is 2.53. The number of rotatable bonds is 7. The normalized spacial score (nSPS) is 10.9. The molecule has 4 nitrogen and oxygen atoms in total. The van der Waals surface area contributed by atoms with Gasteiger partial charge in [-0.05, 0) is 33.6 Å². The Balaban J connectivity index is 1.98. The van der Waals surface area contributed by atoms with E-state index in [2.05, 4.69) is 29.4 Å². The van der Waals surface area contributed by atoms with Gasteiger partial charge in [0.1, 0.15) is 5.01 Å².